The van der Waals surface area contributed by atoms with Crippen LogP contribution in [-0.2, 0) is 16.1 Å². The first-order chi connectivity index (χ1) is 15.0. The van der Waals surface area contributed by atoms with Crippen LogP contribution < -0.4 is 5.73 Å². The van der Waals surface area contributed by atoms with Crippen molar-refractivity contribution in [3.05, 3.63) is 18.7 Å². The van der Waals surface area contributed by atoms with Crippen molar-refractivity contribution in [2.24, 2.45) is 0 Å². The van der Waals surface area contributed by atoms with E-state index in [1.165, 1.54) is 6.33 Å². The van der Waals surface area contributed by atoms with Crippen molar-refractivity contribution in [1.82, 2.24) is 39.3 Å². The second kappa shape index (κ2) is 8.98. The van der Waals surface area contributed by atoms with Gasteiger partial charge in [0.1, 0.15) is 17.8 Å². The van der Waals surface area contributed by atoms with Crippen LogP contribution in [0.4, 0.5) is 5.82 Å². The maximum Gasteiger partial charge on any atom is 0.236 e. The maximum atomic E-state index is 12.6. The van der Waals surface area contributed by atoms with Gasteiger partial charge in [-0.05, 0) is 26.9 Å². The first-order valence-electron chi connectivity index (χ1n) is 10.4. The summed E-state index contributed by atoms with van der Waals surface area (Å²) in [7, 11) is 5.46. The topological polar surface area (TPSA) is 120 Å². The molecule has 1 aliphatic rings. The van der Waals surface area contributed by atoms with Crippen LogP contribution in [0.25, 0.3) is 22.3 Å². The summed E-state index contributed by atoms with van der Waals surface area (Å²) in [5, 5.41) is 10.0. The number of hydrogen-bond donors (Lipinski definition) is 1. The van der Waals surface area contributed by atoms with Crippen molar-refractivity contribution in [3.63, 3.8) is 0 Å². The number of carbonyl (C=O) groups is 1. The Morgan fingerprint density at radius 2 is 2.19 bits per heavy atom. The lowest BCUT2D eigenvalue weighted by Crippen LogP contribution is -2.44. The molecule has 1 atom stereocenters. The minimum Gasteiger partial charge on any atom is -0.383 e. The summed E-state index contributed by atoms with van der Waals surface area (Å²) in [6.07, 6.45) is 6.97. The summed E-state index contributed by atoms with van der Waals surface area (Å²) >= 11 is 0. The van der Waals surface area contributed by atoms with Crippen LogP contribution in [0, 0.1) is 0 Å². The van der Waals surface area contributed by atoms with Crippen LogP contribution in [0.1, 0.15) is 18.9 Å². The first kappa shape index (κ1) is 21.2. The molecule has 11 heteroatoms. The van der Waals surface area contributed by atoms with E-state index < -0.39 is 0 Å². The van der Waals surface area contributed by atoms with E-state index in [4.69, 9.17) is 15.6 Å². The number of rotatable bonds is 7. The molecule has 1 aliphatic heterocycles. The smallest absolute Gasteiger partial charge is 0.236 e. The highest BCUT2D eigenvalue weighted by Gasteiger charge is 2.29. The standard InChI is InChI=1S/C20H29N9O2/c1-26(2)12-16(30)27-6-4-5-15(11-27)29-20-17(19(21)22-13-23-20)18(25-29)14-9-24-28(10-14)7-8-31-3/h9-10,13,15H,4-8,11-12H2,1-3H3,(H2,21,22,23). The number of likely N-dealkylation sites (tertiary alicyclic amines) is 1. The number of methoxy groups -OCH3 is 1. The highest BCUT2D eigenvalue weighted by atomic mass is 16.5. The lowest BCUT2D eigenvalue weighted by molar-refractivity contribution is -0.133. The van der Waals surface area contributed by atoms with Crippen LogP contribution >= 0.6 is 0 Å². The fourth-order valence-electron chi connectivity index (χ4n) is 4.00. The fraction of sp³-hybridized carbons (Fsp3) is 0.550. The number of likely N-dealkylation sites (N-methyl/N-ethyl adjacent to an activating group) is 1. The van der Waals surface area contributed by atoms with Crippen LogP contribution in [0.3, 0.4) is 0 Å². The van der Waals surface area contributed by atoms with E-state index in [2.05, 4.69) is 15.1 Å². The molecule has 4 heterocycles. The van der Waals surface area contributed by atoms with Gasteiger partial charge in [-0.15, -0.1) is 0 Å². The third-order valence-electron chi connectivity index (χ3n) is 5.50. The molecule has 1 unspecified atom stereocenters. The van der Waals surface area contributed by atoms with Gasteiger partial charge in [-0.3, -0.25) is 9.48 Å². The molecule has 1 amide bonds. The minimum atomic E-state index is 0.0222. The average Bonchev–Trinajstić information content (AvgIpc) is 3.37. The number of hydrogen-bond acceptors (Lipinski definition) is 8. The summed E-state index contributed by atoms with van der Waals surface area (Å²) in [6.45, 7) is 2.97. The largest absolute Gasteiger partial charge is 0.383 e. The Balaban J connectivity index is 1.68. The van der Waals surface area contributed by atoms with Gasteiger partial charge >= 0.3 is 0 Å². The van der Waals surface area contributed by atoms with E-state index in [1.807, 2.05) is 39.5 Å². The van der Waals surface area contributed by atoms with Gasteiger partial charge in [0.15, 0.2) is 5.65 Å². The highest BCUT2D eigenvalue weighted by Crippen LogP contribution is 2.33. The Hall–Kier alpha value is -3.05. The summed E-state index contributed by atoms with van der Waals surface area (Å²) in [5.41, 5.74) is 8.46. The molecule has 1 fully saturated rings. The second-order valence-electron chi connectivity index (χ2n) is 8.11. The van der Waals surface area contributed by atoms with Crippen LogP contribution in [0.2, 0.25) is 0 Å². The molecule has 1 saturated heterocycles. The number of nitrogens with two attached hydrogens (primary N) is 1. The maximum absolute atomic E-state index is 12.6. The Morgan fingerprint density at radius 3 is 2.97 bits per heavy atom. The van der Waals surface area contributed by atoms with E-state index in [0.717, 1.165) is 24.9 Å². The van der Waals surface area contributed by atoms with Gasteiger partial charge in [0.2, 0.25) is 5.91 Å². The minimum absolute atomic E-state index is 0.0222. The monoisotopic (exact) mass is 427 g/mol. The van der Waals surface area contributed by atoms with Crippen molar-refractivity contribution in [1.29, 1.82) is 0 Å². The average molecular weight is 428 g/mol. The van der Waals surface area contributed by atoms with E-state index in [9.17, 15) is 4.79 Å². The number of piperidine rings is 1. The third-order valence-corrected chi connectivity index (χ3v) is 5.50. The van der Waals surface area contributed by atoms with Crippen molar-refractivity contribution >= 4 is 22.8 Å². The van der Waals surface area contributed by atoms with Crippen LogP contribution in [0.5, 0.6) is 0 Å². The molecular formula is C20H29N9O2. The molecular weight excluding hydrogens is 398 g/mol. The Morgan fingerprint density at radius 1 is 1.35 bits per heavy atom. The van der Waals surface area contributed by atoms with Gasteiger partial charge in [0.25, 0.3) is 0 Å². The van der Waals surface area contributed by atoms with Crippen LogP contribution in [0.15, 0.2) is 18.7 Å². The molecule has 3 aromatic rings. The van der Waals surface area contributed by atoms with Crippen molar-refractivity contribution < 1.29 is 9.53 Å². The zero-order valence-electron chi connectivity index (χ0n) is 18.2. The molecule has 0 saturated carbocycles. The van der Waals surface area contributed by atoms with E-state index in [1.54, 1.807) is 13.3 Å². The number of carbonyl (C=O) groups excluding carboxylic acids is 1. The van der Waals surface area contributed by atoms with Gasteiger partial charge in [0.05, 0.1) is 37.3 Å². The molecule has 31 heavy (non-hydrogen) atoms. The molecule has 0 radical (unpaired) electrons. The molecule has 0 aliphatic carbocycles. The summed E-state index contributed by atoms with van der Waals surface area (Å²) < 4.78 is 8.85. The van der Waals surface area contributed by atoms with Gasteiger partial charge < -0.3 is 20.3 Å². The summed E-state index contributed by atoms with van der Waals surface area (Å²) in [6, 6.07) is 0.0222. The second-order valence-corrected chi connectivity index (χ2v) is 8.11. The molecule has 0 spiro atoms. The van der Waals surface area contributed by atoms with E-state index >= 15 is 0 Å². The molecule has 4 rings (SSSR count). The van der Waals surface area contributed by atoms with Crippen molar-refractivity contribution in [3.8, 4) is 11.3 Å². The number of nitrogen functional groups attached to an aromatic ring is 1. The number of fused-ring (bicyclic) bond motifs is 1. The zero-order valence-corrected chi connectivity index (χ0v) is 18.2. The number of nitrogens with zero attached hydrogens (tertiary/aromatic N) is 8. The van der Waals surface area contributed by atoms with Gasteiger partial charge in [-0.25, -0.2) is 14.6 Å². The third kappa shape index (κ3) is 4.37. The van der Waals surface area contributed by atoms with E-state index in [0.29, 0.717) is 48.8 Å². The van der Waals surface area contributed by atoms with Gasteiger partial charge in [-0.1, -0.05) is 0 Å². The predicted molar refractivity (Wildman–Crippen MR) is 116 cm³/mol. The zero-order chi connectivity index (χ0) is 22.0. The van der Waals surface area contributed by atoms with Crippen LogP contribution in [-0.4, -0.2) is 92.7 Å². The Labute approximate surface area is 180 Å². The number of aromatic nitrogens is 6. The molecule has 3 aromatic heterocycles. The quantitative estimate of drug-likeness (QED) is 0.583. The fourth-order valence-corrected chi connectivity index (χ4v) is 4.00. The number of amides is 1. The molecule has 2 N–H and O–H groups in total. The molecule has 166 valence electrons. The Kier molecular flexibility index (Phi) is 6.14. The first-order valence-corrected chi connectivity index (χ1v) is 10.4. The lowest BCUT2D eigenvalue weighted by Gasteiger charge is -2.33. The molecule has 11 nitrogen and oxygen atoms in total. The molecule has 0 aromatic carbocycles. The van der Waals surface area contributed by atoms with E-state index in [-0.39, 0.29) is 11.9 Å². The summed E-state index contributed by atoms with van der Waals surface area (Å²) in [5.74, 6) is 0.507. The van der Waals surface area contributed by atoms with Crippen molar-refractivity contribution in [2.45, 2.75) is 25.4 Å². The van der Waals surface area contributed by atoms with Gasteiger partial charge in [-0.2, -0.15) is 10.2 Å². The SMILES string of the molecule is COCCn1cc(-c2nn(C3CCCN(C(=O)CN(C)C)C3)c3ncnc(N)c23)cn1. The van der Waals surface area contributed by atoms with Crippen molar-refractivity contribution in [2.75, 3.05) is 53.2 Å². The van der Waals surface area contributed by atoms with Gasteiger partial charge in [0, 0.05) is 32.0 Å². The Bertz CT molecular complexity index is 1060. The number of anilines is 1. The summed E-state index contributed by atoms with van der Waals surface area (Å²) in [4.78, 5) is 25.1. The normalized spacial score (nSPS) is 17.0. The predicted octanol–water partition coefficient (Wildman–Crippen LogP) is 0.644. The number of ether oxygens (including phenoxy) is 1. The highest BCUT2D eigenvalue weighted by molar-refractivity contribution is 5.98. The molecule has 0 bridgehead atoms. The lowest BCUT2D eigenvalue weighted by atomic mass is 10.1.